The molecule has 0 aliphatic carbocycles. The molecule has 0 saturated carbocycles. The van der Waals surface area contributed by atoms with Gasteiger partial charge in [-0.1, -0.05) is 24.6 Å². The molecule has 1 N–H and O–H groups in total. The number of nitrogens with zero attached hydrogens (tertiary/aromatic N) is 1. The zero-order chi connectivity index (χ0) is 15.2. The molecule has 0 aliphatic rings. The molecule has 0 saturated heterocycles. The second-order valence-electron chi connectivity index (χ2n) is 5.22. The second kappa shape index (κ2) is 7.53. The molecule has 0 radical (unpaired) electrons. The van der Waals surface area contributed by atoms with Crippen LogP contribution in [-0.2, 0) is 6.42 Å². The standard InChI is InChI=1S/C17H20ClFN2/c1-3-7-20-17(16-9-12(2)6-8-21-16)11-13-4-5-15(19)14(18)10-13/h4-6,8-10,17,20H,3,7,11H2,1-2H3. The molecule has 0 fully saturated rings. The largest absolute Gasteiger partial charge is 0.308 e. The van der Waals surface area contributed by atoms with E-state index < -0.39 is 0 Å². The first-order chi connectivity index (χ1) is 10.1. The molecule has 4 heteroatoms. The van der Waals surface area contributed by atoms with E-state index in [9.17, 15) is 4.39 Å². The lowest BCUT2D eigenvalue weighted by Gasteiger charge is -2.19. The van der Waals surface area contributed by atoms with Crippen molar-refractivity contribution in [2.24, 2.45) is 0 Å². The molecular weight excluding hydrogens is 287 g/mol. The Morgan fingerprint density at radius 3 is 2.76 bits per heavy atom. The molecule has 1 unspecified atom stereocenters. The Labute approximate surface area is 130 Å². The highest BCUT2D eigenvalue weighted by molar-refractivity contribution is 6.30. The van der Waals surface area contributed by atoms with Gasteiger partial charge in [-0.05, 0) is 61.7 Å². The number of aromatic nitrogens is 1. The molecule has 21 heavy (non-hydrogen) atoms. The van der Waals surface area contributed by atoms with Crippen LogP contribution >= 0.6 is 11.6 Å². The summed E-state index contributed by atoms with van der Waals surface area (Å²) in [5, 5.41) is 3.66. The van der Waals surface area contributed by atoms with Crippen molar-refractivity contribution in [3.05, 3.63) is 64.2 Å². The minimum atomic E-state index is -0.382. The van der Waals surface area contributed by atoms with E-state index >= 15 is 0 Å². The predicted octanol–water partition coefficient (Wildman–Crippen LogP) is 4.47. The van der Waals surface area contributed by atoms with Gasteiger partial charge in [0, 0.05) is 6.20 Å². The van der Waals surface area contributed by atoms with Gasteiger partial charge in [-0.15, -0.1) is 0 Å². The maximum Gasteiger partial charge on any atom is 0.141 e. The number of benzene rings is 1. The summed E-state index contributed by atoms with van der Waals surface area (Å²) in [6.45, 7) is 5.09. The molecule has 1 aromatic carbocycles. The number of halogens is 2. The summed E-state index contributed by atoms with van der Waals surface area (Å²) in [7, 11) is 0. The monoisotopic (exact) mass is 306 g/mol. The van der Waals surface area contributed by atoms with Gasteiger partial charge < -0.3 is 5.32 Å². The summed E-state index contributed by atoms with van der Waals surface area (Å²) in [5.74, 6) is -0.382. The summed E-state index contributed by atoms with van der Waals surface area (Å²) >= 11 is 5.86. The average Bonchev–Trinajstić information content (AvgIpc) is 2.47. The maximum absolute atomic E-state index is 13.3. The highest BCUT2D eigenvalue weighted by Crippen LogP contribution is 2.22. The third-order valence-electron chi connectivity index (χ3n) is 3.36. The number of nitrogens with one attached hydrogen (secondary N) is 1. The fourth-order valence-electron chi connectivity index (χ4n) is 2.25. The maximum atomic E-state index is 13.3. The van der Waals surface area contributed by atoms with Crippen LogP contribution in [0.25, 0.3) is 0 Å². The van der Waals surface area contributed by atoms with Gasteiger partial charge in [-0.25, -0.2) is 4.39 Å². The Morgan fingerprint density at radius 2 is 2.10 bits per heavy atom. The molecular formula is C17H20ClFN2. The number of rotatable bonds is 6. The molecule has 2 nitrogen and oxygen atoms in total. The van der Waals surface area contributed by atoms with Crippen LogP contribution in [0.1, 0.15) is 36.2 Å². The van der Waals surface area contributed by atoms with Crippen LogP contribution < -0.4 is 5.32 Å². The average molecular weight is 307 g/mol. The van der Waals surface area contributed by atoms with Crippen molar-refractivity contribution in [1.82, 2.24) is 10.3 Å². The van der Waals surface area contributed by atoms with Crippen LogP contribution in [0.15, 0.2) is 36.5 Å². The van der Waals surface area contributed by atoms with E-state index in [0.717, 1.165) is 30.6 Å². The summed E-state index contributed by atoms with van der Waals surface area (Å²) in [6, 6.07) is 9.04. The highest BCUT2D eigenvalue weighted by atomic mass is 35.5. The Balaban J connectivity index is 2.21. The number of hydrogen-bond acceptors (Lipinski definition) is 2. The smallest absolute Gasteiger partial charge is 0.141 e. The molecule has 1 atom stereocenters. The summed E-state index contributed by atoms with van der Waals surface area (Å²) in [5.41, 5.74) is 3.18. The quantitative estimate of drug-likeness (QED) is 0.852. The summed E-state index contributed by atoms with van der Waals surface area (Å²) in [4.78, 5) is 4.46. The number of aryl methyl sites for hydroxylation is 1. The van der Waals surface area contributed by atoms with E-state index in [-0.39, 0.29) is 16.9 Å². The first-order valence-electron chi connectivity index (χ1n) is 7.20. The van der Waals surface area contributed by atoms with Crippen LogP contribution in [0.3, 0.4) is 0 Å². The molecule has 2 rings (SSSR count). The fourth-order valence-corrected chi connectivity index (χ4v) is 2.46. The molecule has 0 bridgehead atoms. The third kappa shape index (κ3) is 4.51. The molecule has 0 aliphatic heterocycles. The van der Waals surface area contributed by atoms with Gasteiger partial charge in [-0.2, -0.15) is 0 Å². The van der Waals surface area contributed by atoms with Crippen molar-refractivity contribution in [3.8, 4) is 0 Å². The SMILES string of the molecule is CCCNC(Cc1ccc(F)c(Cl)c1)c1cc(C)ccn1. The first kappa shape index (κ1) is 15.9. The lowest BCUT2D eigenvalue weighted by atomic mass is 10.0. The first-order valence-corrected chi connectivity index (χ1v) is 7.57. The van der Waals surface area contributed by atoms with Gasteiger partial charge in [0.05, 0.1) is 16.8 Å². The van der Waals surface area contributed by atoms with Crippen LogP contribution in [0.4, 0.5) is 4.39 Å². The van der Waals surface area contributed by atoms with Crippen molar-refractivity contribution in [2.75, 3.05) is 6.54 Å². The molecule has 2 aromatic rings. The van der Waals surface area contributed by atoms with Crippen molar-refractivity contribution < 1.29 is 4.39 Å². The van der Waals surface area contributed by atoms with Crippen LogP contribution in [-0.4, -0.2) is 11.5 Å². The number of hydrogen-bond donors (Lipinski definition) is 1. The van der Waals surface area contributed by atoms with Crippen LogP contribution in [0.2, 0.25) is 5.02 Å². The van der Waals surface area contributed by atoms with E-state index in [0.29, 0.717) is 0 Å². The minimum Gasteiger partial charge on any atom is -0.308 e. The minimum absolute atomic E-state index is 0.103. The van der Waals surface area contributed by atoms with Gasteiger partial charge in [0.2, 0.25) is 0 Å². The fraction of sp³-hybridized carbons (Fsp3) is 0.353. The van der Waals surface area contributed by atoms with Crippen molar-refractivity contribution in [3.63, 3.8) is 0 Å². The highest BCUT2D eigenvalue weighted by Gasteiger charge is 2.14. The Hall–Kier alpha value is -1.45. The topological polar surface area (TPSA) is 24.9 Å². The molecule has 112 valence electrons. The van der Waals surface area contributed by atoms with Crippen molar-refractivity contribution in [2.45, 2.75) is 32.7 Å². The Kier molecular flexibility index (Phi) is 5.71. The van der Waals surface area contributed by atoms with Crippen molar-refractivity contribution >= 4 is 11.6 Å². The molecule has 1 aromatic heterocycles. The molecule has 0 spiro atoms. The Morgan fingerprint density at radius 1 is 1.29 bits per heavy atom. The summed E-state index contributed by atoms with van der Waals surface area (Å²) < 4.78 is 13.3. The van der Waals surface area contributed by atoms with Gasteiger partial charge in [0.25, 0.3) is 0 Å². The molecule has 0 amide bonds. The van der Waals surface area contributed by atoms with E-state index in [4.69, 9.17) is 11.6 Å². The van der Waals surface area contributed by atoms with Crippen LogP contribution in [0.5, 0.6) is 0 Å². The lowest BCUT2D eigenvalue weighted by molar-refractivity contribution is 0.517. The zero-order valence-corrected chi connectivity index (χ0v) is 13.1. The van der Waals surface area contributed by atoms with E-state index in [1.54, 1.807) is 12.1 Å². The van der Waals surface area contributed by atoms with Gasteiger partial charge in [-0.3, -0.25) is 4.98 Å². The van der Waals surface area contributed by atoms with E-state index in [2.05, 4.69) is 30.2 Å². The zero-order valence-electron chi connectivity index (χ0n) is 12.4. The van der Waals surface area contributed by atoms with Crippen molar-refractivity contribution in [1.29, 1.82) is 0 Å². The summed E-state index contributed by atoms with van der Waals surface area (Å²) in [6.07, 6.45) is 3.60. The third-order valence-corrected chi connectivity index (χ3v) is 3.65. The lowest BCUT2D eigenvalue weighted by Crippen LogP contribution is -2.25. The van der Waals surface area contributed by atoms with E-state index in [1.807, 2.05) is 12.3 Å². The Bertz CT molecular complexity index is 601. The number of pyridine rings is 1. The normalized spacial score (nSPS) is 12.4. The second-order valence-corrected chi connectivity index (χ2v) is 5.62. The predicted molar refractivity (Wildman–Crippen MR) is 85.1 cm³/mol. The molecule has 1 heterocycles. The van der Waals surface area contributed by atoms with Crippen LogP contribution in [0, 0.1) is 12.7 Å². The van der Waals surface area contributed by atoms with Gasteiger partial charge in [0.15, 0.2) is 0 Å². The van der Waals surface area contributed by atoms with E-state index in [1.165, 1.54) is 11.6 Å². The van der Waals surface area contributed by atoms with Gasteiger partial charge in [0.1, 0.15) is 5.82 Å². The van der Waals surface area contributed by atoms with Gasteiger partial charge >= 0.3 is 0 Å².